The van der Waals surface area contributed by atoms with Gasteiger partial charge in [0.05, 0.1) is 0 Å². The molecule has 0 atom stereocenters. The Labute approximate surface area is 90.6 Å². The van der Waals surface area contributed by atoms with Crippen LogP contribution in [0.2, 0.25) is 0 Å². The molecular formula is C6H13NaO2S. The van der Waals surface area contributed by atoms with Gasteiger partial charge in [0, 0.05) is 6.42 Å². The smallest absolute Gasteiger partial charge is 1.00 e. The van der Waals surface area contributed by atoms with Crippen LogP contribution in [0.1, 0.15) is 27.1 Å². The van der Waals surface area contributed by atoms with E-state index in [1.807, 2.05) is 0 Å². The van der Waals surface area contributed by atoms with Crippen LogP contribution in [0.25, 0.3) is 0 Å². The maximum absolute atomic E-state index is 9.94. The first-order valence-electron chi connectivity index (χ1n) is 3.10. The molecule has 0 aliphatic heterocycles. The van der Waals surface area contributed by atoms with Gasteiger partial charge < -0.3 is 6.53 Å². The molecule has 0 aromatic heterocycles. The Kier molecular flexibility index (Phi) is 13.2. The first-order chi connectivity index (χ1) is 4.27. The Hall–Kier alpha value is 0.820. The van der Waals surface area contributed by atoms with Crippen molar-refractivity contribution in [2.24, 2.45) is 0 Å². The van der Waals surface area contributed by atoms with Gasteiger partial charge in [-0.1, -0.05) is 6.42 Å². The van der Waals surface area contributed by atoms with Crippen LogP contribution in [0.15, 0.2) is 0 Å². The van der Waals surface area contributed by atoms with Crippen molar-refractivity contribution in [3.63, 3.8) is 0 Å². The molecule has 0 saturated heterocycles. The summed E-state index contributed by atoms with van der Waals surface area (Å²) in [5.41, 5.74) is 0. The van der Waals surface area contributed by atoms with E-state index >= 15 is 0 Å². The summed E-state index contributed by atoms with van der Waals surface area (Å²) in [5, 5.41) is 8.19. The molecule has 2 nitrogen and oxygen atoms in total. The van der Waals surface area contributed by atoms with Gasteiger partial charge in [0.25, 0.3) is 0 Å². The minimum atomic E-state index is -0.700. The molecule has 1 N–H and O–H groups in total. The molecule has 0 radical (unpaired) electrons. The minimum Gasteiger partial charge on any atom is -1.00 e. The van der Waals surface area contributed by atoms with E-state index in [0.717, 1.165) is 25.0 Å². The Balaban J connectivity index is -0.000000320. The van der Waals surface area contributed by atoms with E-state index in [0.29, 0.717) is 6.42 Å². The molecule has 0 aromatic carbocycles. The minimum absolute atomic E-state index is 0. The molecule has 0 aliphatic carbocycles. The summed E-state index contributed by atoms with van der Waals surface area (Å²) < 4.78 is 0. The quantitative estimate of drug-likeness (QED) is 0.306. The van der Waals surface area contributed by atoms with Gasteiger partial charge in [-0.2, -0.15) is 12.6 Å². The van der Waals surface area contributed by atoms with Gasteiger partial charge in [-0.15, -0.1) is 0 Å². The van der Waals surface area contributed by atoms with Crippen LogP contribution in [0, 0.1) is 0 Å². The number of carboxylic acid groups (broad SMARTS) is 1. The number of rotatable bonds is 5. The van der Waals surface area contributed by atoms with Crippen molar-refractivity contribution in [1.29, 1.82) is 0 Å². The molecule has 0 heterocycles. The fourth-order valence-corrected chi connectivity index (χ4v) is 0.788. The largest absolute Gasteiger partial charge is 1.00 e. The summed E-state index contributed by atoms with van der Waals surface area (Å²) in [6.07, 6.45) is 3.09. The third kappa shape index (κ3) is 11.6. The van der Waals surface area contributed by atoms with E-state index in [-0.39, 0.29) is 31.0 Å². The van der Waals surface area contributed by atoms with Gasteiger partial charge in [0.1, 0.15) is 0 Å². The molecule has 0 fully saturated rings. The predicted molar refractivity (Wildman–Crippen MR) is 41.1 cm³/mol. The summed E-state index contributed by atoms with van der Waals surface area (Å²) in [7, 11) is 0. The number of aliphatic carboxylic acids is 1. The molecule has 0 saturated carbocycles. The zero-order valence-electron chi connectivity index (χ0n) is 7.34. The van der Waals surface area contributed by atoms with E-state index in [1.54, 1.807) is 0 Å². The molecular weight excluding hydrogens is 159 g/mol. The SMILES string of the molecule is O=C(O)CCCCCS.[H-].[Na+]. The fourth-order valence-electron chi connectivity index (χ4n) is 0.565. The van der Waals surface area contributed by atoms with Gasteiger partial charge in [0.15, 0.2) is 0 Å². The average molecular weight is 172 g/mol. The van der Waals surface area contributed by atoms with Gasteiger partial charge in [-0.25, -0.2) is 0 Å². The van der Waals surface area contributed by atoms with Crippen LogP contribution < -0.4 is 29.6 Å². The van der Waals surface area contributed by atoms with Crippen molar-refractivity contribution in [1.82, 2.24) is 0 Å². The summed E-state index contributed by atoms with van der Waals surface area (Å²) in [6, 6.07) is 0. The predicted octanol–water partition coefficient (Wildman–Crippen LogP) is -1.32. The van der Waals surface area contributed by atoms with Gasteiger partial charge in [0.2, 0.25) is 0 Å². The Morgan fingerprint density at radius 3 is 2.40 bits per heavy atom. The number of carbonyl (C=O) groups is 1. The van der Waals surface area contributed by atoms with Crippen molar-refractivity contribution in [3.05, 3.63) is 0 Å². The van der Waals surface area contributed by atoms with Crippen LogP contribution in [-0.4, -0.2) is 16.8 Å². The fraction of sp³-hybridized carbons (Fsp3) is 0.833. The standard InChI is InChI=1S/C6H12O2S.Na.H/c7-6(8)4-2-1-3-5-9;;/h9H,1-5H2,(H,7,8);;/q;+1;-1. The van der Waals surface area contributed by atoms with E-state index < -0.39 is 5.97 Å². The average Bonchev–Trinajstić information content (AvgIpc) is 1.80. The Bertz CT molecular complexity index is 92.7. The van der Waals surface area contributed by atoms with Gasteiger partial charge in [-0.3, -0.25) is 4.79 Å². The van der Waals surface area contributed by atoms with Gasteiger partial charge in [-0.05, 0) is 18.6 Å². The number of unbranched alkanes of at least 4 members (excludes halogenated alkanes) is 2. The van der Waals surface area contributed by atoms with Crippen LogP contribution in [0.4, 0.5) is 0 Å². The molecule has 0 spiro atoms. The maximum Gasteiger partial charge on any atom is 1.00 e. The Morgan fingerprint density at radius 1 is 1.40 bits per heavy atom. The third-order valence-electron chi connectivity index (χ3n) is 1.05. The first kappa shape index (κ1) is 13.4. The molecule has 10 heavy (non-hydrogen) atoms. The molecule has 0 unspecified atom stereocenters. The zero-order valence-corrected chi connectivity index (χ0v) is 9.23. The molecule has 0 aromatic rings. The zero-order chi connectivity index (χ0) is 7.11. The van der Waals surface area contributed by atoms with Crippen molar-refractivity contribution in [3.8, 4) is 0 Å². The van der Waals surface area contributed by atoms with Crippen LogP contribution in [0.3, 0.4) is 0 Å². The summed E-state index contributed by atoms with van der Waals surface area (Å²) in [6.45, 7) is 0. The molecule has 4 heteroatoms. The van der Waals surface area contributed by atoms with Crippen molar-refractivity contribution >= 4 is 18.6 Å². The first-order valence-corrected chi connectivity index (χ1v) is 3.73. The molecule has 0 aliphatic rings. The van der Waals surface area contributed by atoms with Crippen molar-refractivity contribution in [2.75, 3.05) is 5.75 Å². The Morgan fingerprint density at radius 2 is 2.00 bits per heavy atom. The van der Waals surface area contributed by atoms with Crippen LogP contribution in [-0.2, 0) is 4.79 Å². The van der Waals surface area contributed by atoms with E-state index in [1.165, 1.54) is 0 Å². The van der Waals surface area contributed by atoms with Crippen LogP contribution in [0.5, 0.6) is 0 Å². The second-order valence-corrected chi connectivity index (χ2v) is 2.38. The molecule has 0 bridgehead atoms. The number of hydrogen-bond donors (Lipinski definition) is 2. The van der Waals surface area contributed by atoms with Gasteiger partial charge >= 0.3 is 35.5 Å². The number of thiol groups is 1. The summed E-state index contributed by atoms with van der Waals surface area (Å²) in [4.78, 5) is 9.94. The van der Waals surface area contributed by atoms with E-state index in [4.69, 9.17) is 5.11 Å². The topological polar surface area (TPSA) is 37.3 Å². The number of carboxylic acids is 1. The summed E-state index contributed by atoms with van der Waals surface area (Å²) >= 11 is 4.00. The second-order valence-electron chi connectivity index (χ2n) is 1.93. The molecule has 0 rings (SSSR count). The normalized spacial score (nSPS) is 8.50. The number of hydrogen-bond acceptors (Lipinski definition) is 2. The van der Waals surface area contributed by atoms with Crippen LogP contribution >= 0.6 is 12.6 Å². The van der Waals surface area contributed by atoms with Crippen molar-refractivity contribution in [2.45, 2.75) is 25.7 Å². The van der Waals surface area contributed by atoms with Crippen molar-refractivity contribution < 1.29 is 40.9 Å². The molecule has 56 valence electrons. The molecule has 0 amide bonds. The monoisotopic (exact) mass is 172 g/mol. The third-order valence-corrected chi connectivity index (χ3v) is 1.36. The maximum atomic E-state index is 9.94. The van der Waals surface area contributed by atoms with E-state index in [2.05, 4.69) is 12.6 Å². The van der Waals surface area contributed by atoms with E-state index in [9.17, 15) is 4.79 Å². The second kappa shape index (κ2) is 9.82. The summed E-state index contributed by atoms with van der Waals surface area (Å²) in [5.74, 6) is 0.161.